The molecule has 1 aromatic heterocycles. The summed E-state index contributed by atoms with van der Waals surface area (Å²) in [6.45, 7) is 0.261. The van der Waals surface area contributed by atoms with Gasteiger partial charge in [-0.25, -0.2) is 4.79 Å². The maximum absolute atomic E-state index is 12.5. The van der Waals surface area contributed by atoms with Gasteiger partial charge in [-0.05, 0) is 18.4 Å². The van der Waals surface area contributed by atoms with E-state index in [1.54, 1.807) is 0 Å². The Balaban J connectivity index is 1.59. The lowest BCUT2D eigenvalue weighted by atomic mass is 9.92. The highest BCUT2D eigenvalue weighted by molar-refractivity contribution is 5.88. The summed E-state index contributed by atoms with van der Waals surface area (Å²) in [5.74, 6) is -1.58. The molecule has 1 fully saturated rings. The second-order valence-electron chi connectivity index (χ2n) is 6.83. The van der Waals surface area contributed by atoms with Crippen LogP contribution in [0.5, 0.6) is 0 Å². The van der Waals surface area contributed by atoms with Crippen molar-refractivity contribution >= 4 is 18.2 Å². The second kappa shape index (κ2) is 9.27. The second-order valence-corrected chi connectivity index (χ2v) is 6.83. The Morgan fingerprint density at radius 1 is 1.25 bits per heavy atom. The zero-order chi connectivity index (χ0) is 19.9. The lowest BCUT2D eigenvalue weighted by Gasteiger charge is -2.32. The number of carbonyl (C=O) groups excluding carboxylic acids is 2. The Labute approximate surface area is 162 Å². The number of aromatic nitrogens is 2. The van der Waals surface area contributed by atoms with E-state index in [1.807, 2.05) is 30.3 Å². The standard InChI is InChI=1S/C20H23N3O5/c24-12-15-10-17(20(26)27)22-23(15)11-19(25)21-16-8-4-5-9-18(16)28-13-14-6-2-1-3-7-14/h1-3,6-7,10,12,16,18H,4-5,8-9,11,13H2,(H,21,25)(H,26,27)/t16-,18+/m0/s1. The number of carboxylic acid groups (broad SMARTS) is 1. The quantitative estimate of drug-likeness (QED) is 0.673. The third kappa shape index (κ3) is 5.04. The van der Waals surface area contributed by atoms with Gasteiger partial charge in [-0.3, -0.25) is 14.3 Å². The van der Waals surface area contributed by atoms with Crippen LogP contribution in [0.25, 0.3) is 0 Å². The van der Waals surface area contributed by atoms with Crippen molar-refractivity contribution in [1.82, 2.24) is 15.1 Å². The molecule has 28 heavy (non-hydrogen) atoms. The highest BCUT2D eigenvalue weighted by Crippen LogP contribution is 2.22. The number of aldehydes is 1. The Morgan fingerprint density at radius 2 is 2.00 bits per heavy atom. The summed E-state index contributed by atoms with van der Waals surface area (Å²) in [6, 6.07) is 10.9. The number of ether oxygens (including phenoxy) is 1. The van der Waals surface area contributed by atoms with Gasteiger partial charge in [0.1, 0.15) is 12.2 Å². The predicted octanol–water partition coefficient (Wildman–Crippen LogP) is 2.04. The van der Waals surface area contributed by atoms with Gasteiger partial charge in [0, 0.05) is 6.07 Å². The first kappa shape index (κ1) is 19.8. The number of amides is 1. The van der Waals surface area contributed by atoms with Crippen LogP contribution < -0.4 is 5.32 Å². The summed E-state index contributed by atoms with van der Waals surface area (Å²) >= 11 is 0. The Bertz CT molecular complexity index is 834. The van der Waals surface area contributed by atoms with E-state index in [4.69, 9.17) is 9.84 Å². The first-order valence-electron chi connectivity index (χ1n) is 9.28. The van der Waals surface area contributed by atoms with Crippen LogP contribution in [0, 0.1) is 0 Å². The van der Waals surface area contributed by atoms with Crippen LogP contribution >= 0.6 is 0 Å². The van der Waals surface area contributed by atoms with Crippen LogP contribution in [-0.4, -0.2) is 45.2 Å². The molecule has 1 amide bonds. The summed E-state index contributed by atoms with van der Waals surface area (Å²) in [5, 5.41) is 15.8. The first-order chi connectivity index (χ1) is 13.6. The number of carboxylic acids is 1. The highest BCUT2D eigenvalue weighted by atomic mass is 16.5. The van der Waals surface area contributed by atoms with Crippen molar-refractivity contribution in [2.24, 2.45) is 0 Å². The topological polar surface area (TPSA) is 111 Å². The molecule has 1 aromatic carbocycles. The summed E-state index contributed by atoms with van der Waals surface area (Å²) in [5.41, 5.74) is 0.858. The van der Waals surface area contributed by atoms with Crippen molar-refractivity contribution in [2.75, 3.05) is 0 Å². The Morgan fingerprint density at radius 3 is 2.71 bits per heavy atom. The van der Waals surface area contributed by atoms with Gasteiger partial charge in [-0.2, -0.15) is 5.10 Å². The van der Waals surface area contributed by atoms with Crippen molar-refractivity contribution < 1.29 is 24.2 Å². The summed E-state index contributed by atoms with van der Waals surface area (Å²) < 4.78 is 7.15. The van der Waals surface area contributed by atoms with E-state index >= 15 is 0 Å². The molecule has 2 atom stereocenters. The number of rotatable bonds is 8. The van der Waals surface area contributed by atoms with Gasteiger partial charge in [0.2, 0.25) is 5.91 Å². The van der Waals surface area contributed by atoms with Gasteiger partial charge in [-0.1, -0.05) is 43.2 Å². The number of aromatic carboxylic acids is 1. The third-order valence-electron chi connectivity index (χ3n) is 4.80. The maximum Gasteiger partial charge on any atom is 0.356 e. The minimum absolute atomic E-state index is 0.0491. The molecule has 1 aliphatic carbocycles. The number of hydrogen-bond donors (Lipinski definition) is 2. The molecule has 0 radical (unpaired) electrons. The first-order valence-corrected chi connectivity index (χ1v) is 9.28. The van der Waals surface area contributed by atoms with Crippen LogP contribution in [-0.2, 0) is 22.7 Å². The fraction of sp³-hybridized carbons (Fsp3) is 0.400. The predicted molar refractivity (Wildman–Crippen MR) is 100.0 cm³/mol. The third-order valence-corrected chi connectivity index (χ3v) is 4.80. The van der Waals surface area contributed by atoms with E-state index in [9.17, 15) is 14.4 Å². The largest absolute Gasteiger partial charge is 0.476 e. The molecule has 148 valence electrons. The average Bonchev–Trinajstić information content (AvgIpc) is 3.11. The summed E-state index contributed by atoms with van der Waals surface area (Å²) in [6.07, 6.45) is 4.12. The van der Waals surface area contributed by atoms with Crippen LogP contribution in [0.4, 0.5) is 0 Å². The van der Waals surface area contributed by atoms with Crippen LogP contribution in [0.2, 0.25) is 0 Å². The van der Waals surface area contributed by atoms with Crippen molar-refractivity contribution in [3.8, 4) is 0 Å². The lowest BCUT2D eigenvalue weighted by Crippen LogP contribution is -2.47. The molecule has 0 bridgehead atoms. The number of carbonyl (C=O) groups is 3. The maximum atomic E-state index is 12.5. The molecule has 0 unspecified atom stereocenters. The molecular weight excluding hydrogens is 362 g/mol. The molecule has 2 N–H and O–H groups in total. The van der Waals surface area contributed by atoms with Gasteiger partial charge < -0.3 is 15.2 Å². The van der Waals surface area contributed by atoms with Crippen LogP contribution in [0.15, 0.2) is 36.4 Å². The number of benzene rings is 1. The van der Waals surface area contributed by atoms with Gasteiger partial charge in [-0.15, -0.1) is 0 Å². The molecule has 1 heterocycles. The van der Waals surface area contributed by atoms with Crippen LogP contribution in [0.3, 0.4) is 0 Å². The van der Waals surface area contributed by atoms with Crippen molar-refractivity contribution in [3.63, 3.8) is 0 Å². The van der Waals surface area contributed by atoms with Gasteiger partial charge >= 0.3 is 5.97 Å². The molecule has 1 aliphatic rings. The monoisotopic (exact) mass is 385 g/mol. The van der Waals surface area contributed by atoms with Gasteiger partial charge in [0.15, 0.2) is 12.0 Å². The SMILES string of the molecule is O=Cc1cc(C(=O)O)nn1CC(=O)N[C@H]1CCCC[C@H]1OCc1ccccc1. The molecule has 8 heteroatoms. The zero-order valence-corrected chi connectivity index (χ0v) is 15.4. The highest BCUT2D eigenvalue weighted by Gasteiger charge is 2.27. The number of nitrogens with zero attached hydrogens (tertiary/aromatic N) is 2. The van der Waals surface area contributed by atoms with E-state index in [0.29, 0.717) is 12.9 Å². The Hall–Kier alpha value is -3.00. The molecule has 3 rings (SSSR count). The molecule has 0 spiro atoms. The molecule has 0 aliphatic heterocycles. The normalized spacial score (nSPS) is 19.1. The zero-order valence-electron chi connectivity index (χ0n) is 15.4. The summed E-state index contributed by atoms with van der Waals surface area (Å²) in [4.78, 5) is 34.6. The smallest absolute Gasteiger partial charge is 0.356 e. The molecule has 8 nitrogen and oxygen atoms in total. The van der Waals surface area contributed by atoms with E-state index in [2.05, 4.69) is 10.4 Å². The van der Waals surface area contributed by atoms with Crippen molar-refractivity contribution in [3.05, 3.63) is 53.3 Å². The number of nitrogens with one attached hydrogen (secondary N) is 1. The van der Waals surface area contributed by atoms with E-state index in [0.717, 1.165) is 42.0 Å². The summed E-state index contributed by atoms with van der Waals surface area (Å²) in [7, 11) is 0. The van der Waals surface area contributed by atoms with E-state index in [-0.39, 0.29) is 36.0 Å². The average molecular weight is 385 g/mol. The van der Waals surface area contributed by atoms with E-state index in [1.165, 1.54) is 0 Å². The van der Waals surface area contributed by atoms with Gasteiger partial charge in [0.05, 0.1) is 18.8 Å². The molecule has 0 saturated heterocycles. The van der Waals surface area contributed by atoms with Crippen molar-refractivity contribution in [2.45, 2.75) is 51.0 Å². The number of hydrogen-bond acceptors (Lipinski definition) is 5. The molecular formula is C20H23N3O5. The lowest BCUT2D eigenvalue weighted by molar-refractivity contribution is -0.124. The minimum Gasteiger partial charge on any atom is -0.476 e. The minimum atomic E-state index is -1.25. The fourth-order valence-electron chi connectivity index (χ4n) is 3.38. The van der Waals surface area contributed by atoms with Crippen molar-refractivity contribution in [1.29, 1.82) is 0 Å². The molecule has 1 saturated carbocycles. The van der Waals surface area contributed by atoms with Crippen LogP contribution in [0.1, 0.15) is 52.2 Å². The van der Waals surface area contributed by atoms with Gasteiger partial charge in [0.25, 0.3) is 0 Å². The Kier molecular flexibility index (Phi) is 6.54. The van der Waals surface area contributed by atoms with E-state index < -0.39 is 5.97 Å². The molecule has 2 aromatic rings. The fourth-order valence-corrected chi connectivity index (χ4v) is 3.38.